The number of carbonyl (C=O) groups excluding carboxylic acids is 7. The van der Waals surface area contributed by atoms with Crippen LogP contribution in [0.1, 0.15) is 84.2 Å². The van der Waals surface area contributed by atoms with Crippen LogP contribution in [0.4, 0.5) is 0 Å². The van der Waals surface area contributed by atoms with E-state index in [9.17, 15) is 48.9 Å². The van der Waals surface area contributed by atoms with Crippen LogP contribution in [-0.4, -0.2) is 134 Å². The van der Waals surface area contributed by atoms with Crippen LogP contribution in [0.15, 0.2) is 18.5 Å². The number of cyclic esters (lactones) is 1. The zero-order valence-corrected chi connectivity index (χ0v) is 31.7. The average Bonchev–Trinajstić information content (AvgIpc) is 3.29. The van der Waals surface area contributed by atoms with Gasteiger partial charge >= 0.3 is 41.8 Å². The summed E-state index contributed by atoms with van der Waals surface area (Å²) in [6.07, 6.45) is -10.1. The Morgan fingerprint density at radius 1 is 0.855 bits per heavy atom. The number of rotatable bonds is 6. The molecule has 0 radical (unpaired) electrons. The third-order valence-electron chi connectivity index (χ3n) is 11.3. The molecule has 4 bridgehead atoms. The summed E-state index contributed by atoms with van der Waals surface area (Å²) in [4.78, 5) is 96.8. The summed E-state index contributed by atoms with van der Waals surface area (Å²) in [5.74, 6) is -10.5. The molecule has 1 saturated heterocycles. The van der Waals surface area contributed by atoms with E-state index in [0.717, 1.165) is 54.7 Å². The molecule has 302 valence electrons. The molecule has 1 spiro atoms. The van der Waals surface area contributed by atoms with Gasteiger partial charge in [-0.1, -0.05) is 6.92 Å². The van der Waals surface area contributed by atoms with Gasteiger partial charge in [0.05, 0.1) is 11.5 Å². The van der Waals surface area contributed by atoms with Gasteiger partial charge in [-0.15, -0.1) is 0 Å². The SMILES string of the molecule is CC(=O)OC[C@]12[C@H](OC(C)=O)[C@H](OC(C)=O)[C@@H]3[C@@H](OC(C)=O)[C@@]14O[C@@]3(C)COC(=O)c1cnccc1[C@@H](C)[C@](C)(O)C(=O)O[C@@H]([C@H](O)[C@@H]2OC(C)=O)[C@]4(C)O. The van der Waals surface area contributed by atoms with E-state index >= 15 is 0 Å². The Morgan fingerprint density at radius 2 is 1.42 bits per heavy atom. The fourth-order valence-electron chi connectivity index (χ4n) is 9.01. The molecule has 3 fully saturated rings. The number of aliphatic hydroxyl groups is 3. The Labute approximate surface area is 314 Å². The summed E-state index contributed by atoms with van der Waals surface area (Å²) in [5, 5.41) is 37.2. The second-order valence-corrected chi connectivity index (χ2v) is 15.0. The fraction of sp³-hybridized carbons (Fsp3) is 0.667. The quantitative estimate of drug-likeness (QED) is 0.244. The van der Waals surface area contributed by atoms with Crippen molar-refractivity contribution in [1.82, 2.24) is 4.98 Å². The maximum atomic E-state index is 14.2. The molecule has 4 aliphatic rings. The van der Waals surface area contributed by atoms with E-state index in [0.29, 0.717) is 0 Å². The van der Waals surface area contributed by atoms with Crippen molar-refractivity contribution in [3.8, 4) is 0 Å². The Balaban J connectivity index is 1.98. The van der Waals surface area contributed by atoms with Gasteiger partial charge in [0.1, 0.15) is 54.2 Å². The monoisotopic (exact) mass is 779 g/mol. The molecule has 19 nitrogen and oxygen atoms in total. The molecule has 1 aromatic rings. The number of ether oxygens (including phenoxy) is 8. The van der Waals surface area contributed by atoms with Gasteiger partial charge in [0.15, 0.2) is 23.4 Å². The van der Waals surface area contributed by atoms with Crippen LogP contribution < -0.4 is 0 Å². The molecule has 1 aromatic heterocycles. The van der Waals surface area contributed by atoms with E-state index in [1.54, 1.807) is 0 Å². The van der Waals surface area contributed by atoms with Crippen molar-refractivity contribution >= 4 is 41.8 Å². The van der Waals surface area contributed by atoms with Crippen molar-refractivity contribution in [2.45, 2.75) is 127 Å². The predicted octanol–water partition coefficient (Wildman–Crippen LogP) is -0.422. The lowest BCUT2D eigenvalue weighted by molar-refractivity contribution is -0.387. The summed E-state index contributed by atoms with van der Waals surface area (Å²) in [7, 11) is 0. The first-order chi connectivity index (χ1) is 25.4. The molecule has 3 N–H and O–H groups in total. The Bertz CT molecular complexity index is 1790. The molecule has 0 amide bonds. The van der Waals surface area contributed by atoms with Crippen LogP contribution >= 0.6 is 0 Å². The minimum atomic E-state index is -2.90. The second-order valence-electron chi connectivity index (χ2n) is 15.0. The summed E-state index contributed by atoms with van der Waals surface area (Å²) in [6.45, 7) is 7.80. The number of aliphatic hydroxyl groups excluding tert-OH is 1. The van der Waals surface area contributed by atoms with Crippen LogP contribution in [0.25, 0.3) is 0 Å². The van der Waals surface area contributed by atoms with Gasteiger partial charge in [-0.3, -0.25) is 29.0 Å². The maximum absolute atomic E-state index is 14.2. The van der Waals surface area contributed by atoms with Gasteiger partial charge in [-0.05, 0) is 32.4 Å². The molecule has 2 aliphatic heterocycles. The molecule has 0 aromatic carbocycles. The number of esters is 7. The molecule has 5 rings (SSSR count). The van der Waals surface area contributed by atoms with E-state index < -0.39 is 131 Å². The lowest BCUT2D eigenvalue weighted by Gasteiger charge is -2.67. The number of hydrogen-bond donors (Lipinski definition) is 3. The van der Waals surface area contributed by atoms with Crippen LogP contribution in [0, 0.1) is 11.3 Å². The first-order valence-electron chi connectivity index (χ1n) is 17.4. The largest absolute Gasteiger partial charge is 0.465 e. The van der Waals surface area contributed by atoms with Gasteiger partial charge in [-0.25, -0.2) is 9.59 Å². The van der Waals surface area contributed by atoms with Crippen molar-refractivity contribution in [3.05, 3.63) is 29.6 Å². The van der Waals surface area contributed by atoms with Crippen molar-refractivity contribution in [1.29, 1.82) is 0 Å². The molecule has 19 heteroatoms. The second kappa shape index (κ2) is 14.1. The molecule has 55 heavy (non-hydrogen) atoms. The normalized spacial score (nSPS) is 40.7. The zero-order valence-electron chi connectivity index (χ0n) is 31.7. The maximum Gasteiger partial charge on any atom is 0.340 e. The molecule has 2 aliphatic carbocycles. The van der Waals surface area contributed by atoms with Gasteiger partial charge in [0.25, 0.3) is 0 Å². The van der Waals surface area contributed by atoms with Crippen LogP contribution in [0.2, 0.25) is 0 Å². The minimum Gasteiger partial charge on any atom is -0.465 e. The highest BCUT2D eigenvalue weighted by molar-refractivity contribution is 5.92. The molecule has 2 saturated carbocycles. The topological polar surface area (TPSA) is 267 Å². The zero-order chi connectivity index (χ0) is 41.2. The highest BCUT2D eigenvalue weighted by Gasteiger charge is 2.91. The van der Waals surface area contributed by atoms with Crippen molar-refractivity contribution < 1.29 is 86.8 Å². The highest BCUT2D eigenvalue weighted by Crippen LogP contribution is 2.70. The number of nitrogens with zero attached hydrogens (tertiary/aromatic N) is 1. The number of aromatic nitrogens is 1. The lowest BCUT2D eigenvalue weighted by atomic mass is 9.45. The number of hydrogen-bond acceptors (Lipinski definition) is 19. The first-order valence-corrected chi connectivity index (χ1v) is 17.4. The van der Waals surface area contributed by atoms with Gasteiger partial charge in [0, 0.05) is 52.9 Å². The third kappa shape index (κ3) is 6.30. The molecular weight excluding hydrogens is 734 g/mol. The molecular formula is C36H45NO18. The third-order valence-corrected chi connectivity index (χ3v) is 11.3. The number of fused-ring (bicyclic) bond motifs is 5. The Kier molecular flexibility index (Phi) is 10.6. The summed E-state index contributed by atoms with van der Waals surface area (Å²) < 4.78 is 47.4. The summed E-state index contributed by atoms with van der Waals surface area (Å²) in [6, 6.07) is 1.35. The molecule has 0 unspecified atom stereocenters. The summed E-state index contributed by atoms with van der Waals surface area (Å²) in [5.41, 5.74) is -13.0. The smallest absolute Gasteiger partial charge is 0.340 e. The first kappa shape index (κ1) is 41.4. The lowest BCUT2D eigenvalue weighted by Crippen LogP contribution is -2.89. The van der Waals surface area contributed by atoms with Crippen LogP contribution in [0.5, 0.6) is 0 Å². The van der Waals surface area contributed by atoms with Crippen LogP contribution in [0.3, 0.4) is 0 Å². The number of carbonyl (C=O) groups is 7. The predicted molar refractivity (Wildman–Crippen MR) is 177 cm³/mol. The fourth-order valence-corrected chi connectivity index (χ4v) is 9.01. The van der Waals surface area contributed by atoms with Crippen LogP contribution in [-0.2, 0) is 66.7 Å². The van der Waals surface area contributed by atoms with Gasteiger partial charge in [-0.2, -0.15) is 0 Å². The van der Waals surface area contributed by atoms with Crippen molar-refractivity contribution in [2.75, 3.05) is 13.2 Å². The Morgan fingerprint density at radius 3 is 1.98 bits per heavy atom. The van der Waals surface area contributed by atoms with Crippen molar-refractivity contribution in [2.24, 2.45) is 11.3 Å². The van der Waals surface area contributed by atoms with E-state index in [2.05, 4.69) is 4.98 Å². The summed E-state index contributed by atoms with van der Waals surface area (Å²) >= 11 is 0. The van der Waals surface area contributed by atoms with E-state index in [1.165, 1.54) is 26.1 Å². The van der Waals surface area contributed by atoms with Gasteiger partial charge < -0.3 is 53.2 Å². The highest BCUT2D eigenvalue weighted by atomic mass is 16.7. The van der Waals surface area contributed by atoms with Crippen molar-refractivity contribution in [3.63, 3.8) is 0 Å². The standard InChI is InChI=1S/C36H45NO18/c1-15-21-10-11-37-12-22(21)30(44)49-13-32(7)23-25(50-17(3)39)29(53-20(6)42)35(14-48-16(2)38)28(52-19(5)41)24(43)27(54-31(45)33(15,8)46)34(9,47)36(35,55-32)26(23)51-18(4)40/h10-12,15,23-29,43,46-47H,13-14H2,1-9H3/t15-,23-,24+,25-,26-,27+,28+,29-,32+,33+,34+,35+,36+/m1/s1. The van der Waals surface area contributed by atoms with E-state index in [1.807, 2.05) is 0 Å². The van der Waals surface area contributed by atoms with E-state index in [-0.39, 0.29) is 11.1 Å². The molecule has 13 atom stereocenters. The number of pyridine rings is 1. The molecule has 3 heterocycles. The average molecular weight is 780 g/mol. The van der Waals surface area contributed by atoms with Gasteiger partial charge in [0.2, 0.25) is 0 Å². The van der Waals surface area contributed by atoms with E-state index in [4.69, 9.17) is 37.9 Å². The minimum absolute atomic E-state index is 0.0753. The Hall–Kier alpha value is -4.72.